The van der Waals surface area contributed by atoms with E-state index in [1.807, 2.05) is 12.1 Å². The van der Waals surface area contributed by atoms with Gasteiger partial charge in [0.05, 0.1) is 6.04 Å². The van der Waals surface area contributed by atoms with Gasteiger partial charge in [-0.25, -0.2) is 4.39 Å². The topological polar surface area (TPSA) is 38.0 Å². The molecule has 0 aliphatic heterocycles. The van der Waals surface area contributed by atoms with Crippen LogP contribution < -0.4 is 11.3 Å². The maximum absolute atomic E-state index is 13.7. The highest BCUT2D eigenvalue weighted by molar-refractivity contribution is 9.10. The minimum Gasteiger partial charge on any atom is -0.271 e. The summed E-state index contributed by atoms with van der Waals surface area (Å²) in [4.78, 5) is 0. The van der Waals surface area contributed by atoms with Crippen molar-refractivity contribution in [2.75, 3.05) is 0 Å². The Morgan fingerprint density at radius 1 is 1.26 bits per heavy atom. The van der Waals surface area contributed by atoms with Gasteiger partial charge in [0.15, 0.2) is 0 Å². The van der Waals surface area contributed by atoms with E-state index in [2.05, 4.69) is 21.4 Å². The van der Waals surface area contributed by atoms with E-state index < -0.39 is 0 Å². The van der Waals surface area contributed by atoms with Crippen LogP contribution in [0, 0.1) is 5.82 Å². The molecule has 0 radical (unpaired) electrons. The van der Waals surface area contributed by atoms with Gasteiger partial charge in [0.25, 0.3) is 0 Å². The zero-order chi connectivity index (χ0) is 13.8. The summed E-state index contributed by atoms with van der Waals surface area (Å²) >= 11 is 9.56. The second-order valence-electron chi connectivity index (χ2n) is 4.18. The first-order chi connectivity index (χ1) is 9.11. The molecular weight excluding hydrogens is 331 g/mol. The molecule has 0 aromatic heterocycles. The van der Waals surface area contributed by atoms with Crippen molar-refractivity contribution in [3.8, 4) is 0 Å². The first-order valence-electron chi connectivity index (χ1n) is 5.76. The minimum absolute atomic E-state index is 0.242. The van der Waals surface area contributed by atoms with Crippen molar-refractivity contribution in [2.45, 2.75) is 12.5 Å². The van der Waals surface area contributed by atoms with Gasteiger partial charge in [-0.3, -0.25) is 11.3 Å². The van der Waals surface area contributed by atoms with Gasteiger partial charge < -0.3 is 0 Å². The molecule has 0 heterocycles. The Morgan fingerprint density at radius 2 is 2.00 bits per heavy atom. The van der Waals surface area contributed by atoms with Gasteiger partial charge in [-0.15, -0.1) is 0 Å². The number of halogens is 3. The molecular formula is C14H13BrClFN2. The van der Waals surface area contributed by atoms with Crippen molar-refractivity contribution >= 4 is 27.5 Å². The fourth-order valence-corrected chi connectivity index (χ4v) is 2.55. The van der Waals surface area contributed by atoms with Crippen LogP contribution in [0.1, 0.15) is 17.2 Å². The molecule has 3 N–H and O–H groups in total. The van der Waals surface area contributed by atoms with E-state index in [4.69, 9.17) is 17.4 Å². The third-order valence-electron chi connectivity index (χ3n) is 2.92. The quantitative estimate of drug-likeness (QED) is 0.651. The Bertz CT molecular complexity index is 577. The maximum atomic E-state index is 13.7. The van der Waals surface area contributed by atoms with Crippen molar-refractivity contribution in [3.63, 3.8) is 0 Å². The Hall–Kier alpha value is -0.940. The minimum atomic E-state index is -0.248. The summed E-state index contributed by atoms with van der Waals surface area (Å²) in [6.45, 7) is 0. The number of hydrazine groups is 1. The van der Waals surface area contributed by atoms with E-state index in [1.165, 1.54) is 6.07 Å². The zero-order valence-electron chi connectivity index (χ0n) is 10.0. The van der Waals surface area contributed by atoms with Crippen LogP contribution in [-0.4, -0.2) is 0 Å². The fraction of sp³-hybridized carbons (Fsp3) is 0.143. The predicted molar refractivity (Wildman–Crippen MR) is 79.3 cm³/mol. The number of rotatable bonds is 4. The predicted octanol–water partition coefficient (Wildman–Crippen LogP) is 3.99. The first kappa shape index (κ1) is 14.5. The molecule has 0 spiro atoms. The Balaban J connectivity index is 2.30. The number of nitrogens with one attached hydrogen (secondary N) is 1. The highest BCUT2D eigenvalue weighted by atomic mass is 79.9. The monoisotopic (exact) mass is 342 g/mol. The molecule has 0 saturated carbocycles. The summed E-state index contributed by atoms with van der Waals surface area (Å²) in [7, 11) is 0. The SMILES string of the molecule is NNC(Cc1ccccc1F)c1cc(Br)ccc1Cl. The van der Waals surface area contributed by atoms with Gasteiger partial charge >= 0.3 is 0 Å². The molecule has 0 fully saturated rings. The van der Waals surface area contributed by atoms with Crippen molar-refractivity contribution in [2.24, 2.45) is 5.84 Å². The average Bonchev–Trinajstić information content (AvgIpc) is 2.41. The lowest BCUT2D eigenvalue weighted by molar-refractivity contribution is 0.529. The Morgan fingerprint density at radius 3 is 2.68 bits per heavy atom. The third kappa shape index (κ3) is 3.54. The smallest absolute Gasteiger partial charge is 0.126 e. The molecule has 19 heavy (non-hydrogen) atoms. The van der Waals surface area contributed by atoms with E-state index in [9.17, 15) is 4.39 Å². The molecule has 2 aromatic rings. The molecule has 100 valence electrons. The van der Waals surface area contributed by atoms with Crippen molar-refractivity contribution in [1.82, 2.24) is 5.43 Å². The van der Waals surface area contributed by atoms with Crippen LogP contribution in [0.3, 0.4) is 0 Å². The summed E-state index contributed by atoms with van der Waals surface area (Å²) in [6, 6.07) is 11.9. The largest absolute Gasteiger partial charge is 0.271 e. The second kappa shape index (κ2) is 6.48. The van der Waals surface area contributed by atoms with Crippen LogP contribution in [0.15, 0.2) is 46.9 Å². The van der Waals surface area contributed by atoms with Crippen molar-refractivity contribution in [1.29, 1.82) is 0 Å². The molecule has 0 aliphatic rings. The lowest BCUT2D eigenvalue weighted by Gasteiger charge is -2.18. The van der Waals surface area contributed by atoms with Crippen molar-refractivity contribution < 1.29 is 4.39 Å². The molecule has 1 atom stereocenters. The summed E-state index contributed by atoms with van der Waals surface area (Å²) in [5.41, 5.74) is 4.12. The standard InChI is InChI=1S/C14H13BrClFN2/c15-10-5-6-12(16)11(8-10)14(19-18)7-9-3-1-2-4-13(9)17/h1-6,8,14,19H,7,18H2. The lowest BCUT2D eigenvalue weighted by atomic mass is 9.99. The van der Waals surface area contributed by atoms with Gasteiger partial charge in [-0.05, 0) is 41.8 Å². The van der Waals surface area contributed by atoms with Gasteiger partial charge in [0, 0.05) is 9.50 Å². The normalized spacial score (nSPS) is 12.4. The molecule has 0 saturated heterocycles. The van der Waals surface area contributed by atoms with E-state index in [-0.39, 0.29) is 11.9 Å². The van der Waals surface area contributed by atoms with Crippen LogP contribution in [0.25, 0.3) is 0 Å². The molecule has 0 bridgehead atoms. The van der Waals surface area contributed by atoms with E-state index in [1.54, 1.807) is 24.3 Å². The molecule has 2 nitrogen and oxygen atoms in total. The fourth-order valence-electron chi connectivity index (χ4n) is 1.92. The summed E-state index contributed by atoms with van der Waals surface area (Å²) in [6.07, 6.45) is 0.430. The third-order valence-corrected chi connectivity index (χ3v) is 3.75. The van der Waals surface area contributed by atoms with Crippen LogP contribution in [0.5, 0.6) is 0 Å². The van der Waals surface area contributed by atoms with Crippen LogP contribution in [0.4, 0.5) is 4.39 Å². The number of hydrogen-bond donors (Lipinski definition) is 2. The summed E-state index contributed by atoms with van der Waals surface area (Å²) < 4.78 is 14.6. The molecule has 2 aromatic carbocycles. The molecule has 0 amide bonds. The molecule has 5 heteroatoms. The van der Waals surface area contributed by atoms with E-state index >= 15 is 0 Å². The van der Waals surface area contributed by atoms with Gasteiger partial charge in [-0.2, -0.15) is 0 Å². The number of benzene rings is 2. The molecule has 2 rings (SSSR count). The van der Waals surface area contributed by atoms with Crippen LogP contribution in [0.2, 0.25) is 5.02 Å². The highest BCUT2D eigenvalue weighted by Crippen LogP contribution is 2.28. The molecule has 1 unspecified atom stereocenters. The van der Waals surface area contributed by atoms with E-state index in [0.717, 1.165) is 10.0 Å². The first-order valence-corrected chi connectivity index (χ1v) is 6.93. The molecule has 0 aliphatic carbocycles. The lowest BCUT2D eigenvalue weighted by Crippen LogP contribution is -2.30. The van der Waals surface area contributed by atoms with Crippen LogP contribution in [-0.2, 0) is 6.42 Å². The number of hydrogen-bond acceptors (Lipinski definition) is 2. The number of nitrogens with two attached hydrogens (primary N) is 1. The van der Waals surface area contributed by atoms with Crippen LogP contribution >= 0.6 is 27.5 Å². The average molecular weight is 344 g/mol. The Labute approximate surface area is 124 Å². The van der Waals surface area contributed by atoms with Gasteiger partial charge in [0.2, 0.25) is 0 Å². The summed E-state index contributed by atoms with van der Waals surface area (Å²) in [5, 5.41) is 0.600. The Kier molecular flexibility index (Phi) is 4.93. The van der Waals surface area contributed by atoms with Gasteiger partial charge in [-0.1, -0.05) is 45.7 Å². The highest BCUT2D eigenvalue weighted by Gasteiger charge is 2.16. The maximum Gasteiger partial charge on any atom is 0.126 e. The summed E-state index contributed by atoms with van der Waals surface area (Å²) in [5.74, 6) is 5.33. The van der Waals surface area contributed by atoms with Gasteiger partial charge in [0.1, 0.15) is 5.82 Å². The van der Waals surface area contributed by atoms with Crippen molar-refractivity contribution in [3.05, 3.63) is 68.9 Å². The second-order valence-corrected chi connectivity index (χ2v) is 5.50. The zero-order valence-corrected chi connectivity index (χ0v) is 12.4. The van der Waals surface area contributed by atoms with E-state index in [0.29, 0.717) is 17.0 Å².